The summed E-state index contributed by atoms with van der Waals surface area (Å²) in [7, 11) is 0. The molecule has 0 aromatic heterocycles. The lowest BCUT2D eigenvalue weighted by atomic mass is 10.1. The molecule has 1 aliphatic rings. The van der Waals surface area contributed by atoms with Gasteiger partial charge in [-0.2, -0.15) is 0 Å². The van der Waals surface area contributed by atoms with Crippen molar-refractivity contribution in [3.8, 4) is 0 Å². The van der Waals surface area contributed by atoms with Crippen LogP contribution in [0.5, 0.6) is 0 Å². The summed E-state index contributed by atoms with van der Waals surface area (Å²) < 4.78 is 0. The van der Waals surface area contributed by atoms with E-state index < -0.39 is 0 Å². The maximum absolute atomic E-state index is 5.59. The summed E-state index contributed by atoms with van der Waals surface area (Å²) >= 11 is 0. The van der Waals surface area contributed by atoms with Gasteiger partial charge in [0.05, 0.1) is 0 Å². The molecule has 1 fully saturated rings. The van der Waals surface area contributed by atoms with Gasteiger partial charge in [0.2, 0.25) is 0 Å². The Kier molecular flexibility index (Phi) is 5.45. The highest BCUT2D eigenvalue weighted by atomic mass is 15.2. The van der Waals surface area contributed by atoms with Gasteiger partial charge in [-0.3, -0.25) is 4.90 Å². The van der Waals surface area contributed by atoms with Gasteiger partial charge in [-0.05, 0) is 31.7 Å². The molecular weight excluding hydrogens is 174 g/mol. The summed E-state index contributed by atoms with van der Waals surface area (Å²) in [6, 6.07) is 0.686. The van der Waals surface area contributed by atoms with Crippen LogP contribution in [0, 0.1) is 5.92 Å². The van der Waals surface area contributed by atoms with Gasteiger partial charge in [-0.15, -0.1) is 0 Å². The molecule has 0 radical (unpaired) electrons. The Labute approximate surface area is 88.0 Å². The summed E-state index contributed by atoms with van der Waals surface area (Å²) in [4.78, 5) is 2.31. The van der Waals surface area contributed by atoms with Crippen molar-refractivity contribution >= 4 is 0 Å². The summed E-state index contributed by atoms with van der Waals surface area (Å²) in [5, 5.41) is 3.60. The molecule has 3 N–H and O–H groups in total. The van der Waals surface area contributed by atoms with E-state index in [0.29, 0.717) is 12.7 Å². The summed E-state index contributed by atoms with van der Waals surface area (Å²) in [5.41, 5.74) is 5.59. The van der Waals surface area contributed by atoms with Crippen molar-refractivity contribution in [3.05, 3.63) is 0 Å². The highest BCUT2D eigenvalue weighted by molar-refractivity contribution is 4.79. The van der Waals surface area contributed by atoms with Crippen molar-refractivity contribution in [1.82, 2.24) is 10.2 Å². The highest BCUT2D eigenvalue weighted by Gasteiger charge is 2.19. The molecule has 0 saturated carbocycles. The van der Waals surface area contributed by atoms with Crippen molar-refractivity contribution in [1.29, 1.82) is 0 Å². The Morgan fingerprint density at radius 2 is 2.29 bits per heavy atom. The SMILES string of the molecule is CC(C)CCCNC1CCN(CN)C1. The maximum atomic E-state index is 5.59. The number of hydrogen-bond acceptors (Lipinski definition) is 3. The van der Waals surface area contributed by atoms with Gasteiger partial charge in [0, 0.05) is 25.8 Å². The first kappa shape index (κ1) is 12.0. The van der Waals surface area contributed by atoms with Crippen molar-refractivity contribution in [3.63, 3.8) is 0 Å². The van der Waals surface area contributed by atoms with E-state index in [1.54, 1.807) is 0 Å². The zero-order valence-corrected chi connectivity index (χ0v) is 9.63. The van der Waals surface area contributed by atoms with Crippen LogP contribution in [0.15, 0.2) is 0 Å². The standard InChI is InChI=1S/C11H25N3/c1-10(2)4-3-6-13-11-5-7-14(8-11)9-12/h10-11,13H,3-9,12H2,1-2H3. The fourth-order valence-electron chi connectivity index (χ4n) is 1.98. The van der Waals surface area contributed by atoms with Gasteiger partial charge in [-0.1, -0.05) is 13.8 Å². The predicted molar refractivity (Wildman–Crippen MR) is 61.1 cm³/mol. The lowest BCUT2D eigenvalue weighted by Gasteiger charge is -2.14. The fourth-order valence-corrected chi connectivity index (χ4v) is 1.98. The lowest BCUT2D eigenvalue weighted by Crippen LogP contribution is -2.35. The van der Waals surface area contributed by atoms with Gasteiger partial charge in [0.15, 0.2) is 0 Å². The molecule has 0 spiro atoms. The molecule has 0 aromatic rings. The van der Waals surface area contributed by atoms with E-state index in [1.165, 1.54) is 32.4 Å². The number of nitrogens with one attached hydrogen (secondary N) is 1. The number of rotatable bonds is 6. The zero-order chi connectivity index (χ0) is 10.4. The van der Waals surface area contributed by atoms with E-state index in [4.69, 9.17) is 5.73 Å². The maximum Gasteiger partial charge on any atom is 0.0455 e. The van der Waals surface area contributed by atoms with Crippen molar-refractivity contribution in [2.45, 2.75) is 39.2 Å². The molecule has 1 heterocycles. The van der Waals surface area contributed by atoms with E-state index in [2.05, 4.69) is 24.1 Å². The van der Waals surface area contributed by atoms with Crippen molar-refractivity contribution in [2.75, 3.05) is 26.3 Å². The second kappa shape index (κ2) is 6.38. The molecule has 1 atom stereocenters. The van der Waals surface area contributed by atoms with Crippen LogP contribution in [0.25, 0.3) is 0 Å². The van der Waals surface area contributed by atoms with Gasteiger partial charge >= 0.3 is 0 Å². The molecule has 3 heteroatoms. The van der Waals surface area contributed by atoms with Crippen molar-refractivity contribution in [2.24, 2.45) is 11.7 Å². The molecule has 1 unspecified atom stereocenters. The Balaban J connectivity index is 1.97. The van der Waals surface area contributed by atoms with Crippen LogP contribution in [0.2, 0.25) is 0 Å². The lowest BCUT2D eigenvalue weighted by molar-refractivity contribution is 0.337. The van der Waals surface area contributed by atoms with E-state index >= 15 is 0 Å². The molecule has 0 aromatic carbocycles. The number of nitrogens with two attached hydrogens (primary N) is 1. The Morgan fingerprint density at radius 1 is 1.50 bits per heavy atom. The molecule has 0 aliphatic carbocycles. The predicted octanol–water partition coefficient (Wildman–Crippen LogP) is 1.00. The van der Waals surface area contributed by atoms with Crippen LogP contribution in [-0.2, 0) is 0 Å². The summed E-state index contributed by atoms with van der Waals surface area (Å²) in [6.07, 6.45) is 3.90. The molecule has 3 nitrogen and oxygen atoms in total. The number of nitrogens with zero attached hydrogens (tertiary/aromatic N) is 1. The van der Waals surface area contributed by atoms with Crippen LogP contribution in [0.1, 0.15) is 33.1 Å². The third kappa shape index (κ3) is 4.40. The molecular formula is C11H25N3. The average molecular weight is 199 g/mol. The minimum atomic E-state index is 0.686. The number of likely N-dealkylation sites (tertiary alicyclic amines) is 1. The largest absolute Gasteiger partial charge is 0.318 e. The van der Waals surface area contributed by atoms with Crippen LogP contribution in [0.4, 0.5) is 0 Å². The Morgan fingerprint density at radius 3 is 2.86 bits per heavy atom. The average Bonchev–Trinajstić information content (AvgIpc) is 2.60. The minimum absolute atomic E-state index is 0.686. The molecule has 1 aliphatic heterocycles. The zero-order valence-electron chi connectivity index (χ0n) is 9.63. The van der Waals surface area contributed by atoms with Crippen LogP contribution in [-0.4, -0.2) is 37.2 Å². The van der Waals surface area contributed by atoms with Gasteiger partial charge < -0.3 is 11.1 Å². The van der Waals surface area contributed by atoms with E-state index in [9.17, 15) is 0 Å². The van der Waals surface area contributed by atoms with Crippen molar-refractivity contribution < 1.29 is 0 Å². The summed E-state index contributed by atoms with van der Waals surface area (Å²) in [6.45, 7) is 8.75. The van der Waals surface area contributed by atoms with Gasteiger partial charge in [0.25, 0.3) is 0 Å². The van der Waals surface area contributed by atoms with E-state index in [1.807, 2.05) is 0 Å². The molecule has 84 valence electrons. The molecule has 14 heavy (non-hydrogen) atoms. The Hall–Kier alpha value is -0.120. The van der Waals surface area contributed by atoms with Crippen LogP contribution < -0.4 is 11.1 Å². The first-order chi connectivity index (χ1) is 6.72. The van der Waals surface area contributed by atoms with Crippen LogP contribution in [0.3, 0.4) is 0 Å². The van der Waals surface area contributed by atoms with E-state index in [-0.39, 0.29) is 0 Å². The first-order valence-corrected chi connectivity index (χ1v) is 5.88. The first-order valence-electron chi connectivity index (χ1n) is 5.88. The minimum Gasteiger partial charge on any atom is -0.318 e. The topological polar surface area (TPSA) is 41.3 Å². The monoisotopic (exact) mass is 199 g/mol. The second-order valence-corrected chi connectivity index (χ2v) is 4.74. The normalized spacial score (nSPS) is 23.6. The number of hydrogen-bond donors (Lipinski definition) is 2. The molecule has 1 rings (SSSR count). The third-order valence-corrected chi connectivity index (χ3v) is 2.92. The Bertz CT molecular complexity index is 147. The van der Waals surface area contributed by atoms with E-state index in [0.717, 1.165) is 12.5 Å². The molecule has 0 amide bonds. The molecule has 0 bridgehead atoms. The molecule has 1 saturated heterocycles. The third-order valence-electron chi connectivity index (χ3n) is 2.92. The van der Waals surface area contributed by atoms with Crippen LogP contribution >= 0.6 is 0 Å². The highest BCUT2D eigenvalue weighted by Crippen LogP contribution is 2.08. The van der Waals surface area contributed by atoms with Gasteiger partial charge in [0.1, 0.15) is 0 Å². The smallest absolute Gasteiger partial charge is 0.0455 e. The summed E-state index contributed by atoms with van der Waals surface area (Å²) in [5.74, 6) is 0.834. The fraction of sp³-hybridized carbons (Fsp3) is 1.00. The van der Waals surface area contributed by atoms with Gasteiger partial charge in [-0.25, -0.2) is 0 Å². The quantitative estimate of drug-likeness (QED) is 0.627. The second-order valence-electron chi connectivity index (χ2n) is 4.74.